The van der Waals surface area contributed by atoms with E-state index in [4.69, 9.17) is 4.74 Å². The summed E-state index contributed by atoms with van der Waals surface area (Å²) >= 11 is 0. The molecule has 1 aliphatic heterocycles. The van der Waals surface area contributed by atoms with Crippen molar-refractivity contribution in [1.29, 1.82) is 0 Å². The van der Waals surface area contributed by atoms with Crippen molar-refractivity contribution in [2.24, 2.45) is 11.3 Å². The van der Waals surface area contributed by atoms with Crippen molar-refractivity contribution in [3.8, 4) is 0 Å². The second-order valence-electron chi connectivity index (χ2n) is 5.07. The average Bonchev–Trinajstić information content (AvgIpc) is 1.96. The molecule has 72 valence electrons. The summed E-state index contributed by atoms with van der Waals surface area (Å²) in [6.07, 6.45) is 0. The second kappa shape index (κ2) is 3.00. The van der Waals surface area contributed by atoms with E-state index < -0.39 is 0 Å². The van der Waals surface area contributed by atoms with E-state index in [-0.39, 0.29) is 11.1 Å². The van der Waals surface area contributed by atoms with Crippen molar-refractivity contribution >= 4 is 0 Å². The summed E-state index contributed by atoms with van der Waals surface area (Å²) in [5.41, 5.74) is 0.171. The topological polar surface area (TPSA) is 21.3 Å². The number of nitrogens with one attached hydrogen (secondary N) is 1. The quantitative estimate of drug-likeness (QED) is 0.651. The predicted molar refractivity (Wildman–Crippen MR) is 51.0 cm³/mol. The van der Waals surface area contributed by atoms with Gasteiger partial charge in [-0.3, -0.25) is 5.32 Å². The van der Waals surface area contributed by atoms with Crippen LogP contribution in [0.15, 0.2) is 0 Å². The minimum absolute atomic E-state index is 0.116. The lowest BCUT2D eigenvalue weighted by Gasteiger charge is -2.44. The van der Waals surface area contributed by atoms with Crippen LogP contribution >= 0.6 is 0 Å². The van der Waals surface area contributed by atoms with Gasteiger partial charge in [-0.1, -0.05) is 27.7 Å². The summed E-state index contributed by atoms with van der Waals surface area (Å²) in [6.45, 7) is 12.8. The Labute approximate surface area is 75.7 Å². The average molecular weight is 171 g/mol. The maximum atomic E-state index is 5.83. The highest BCUT2D eigenvalue weighted by Crippen LogP contribution is 2.28. The largest absolute Gasteiger partial charge is 0.360 e. The van der Waals surface area contributed by atoms with Gasteiger partial charge < -0.3 is 4.74 Å². The Morgan fingerprint density at radius 2 is 1.83 bits per heavy atom. The highest BCUT2D eigenvalue weighted by Gasteiger charge is 2.37. The minimum atomic E-state index is -0.116. The van der Waals surface area contributed by atoms with E-state index in [9.17, 15) is 0 Å². The molecule has 1 N–H and O–H groups in total. The monoisotopic (exact) mass is 171 g/mol. The van der Waals surface area contributed by atoms with E-state index in [2.05, 4.69) is 39.9 Å². The first-order valence-electron chi connectivity index (χ1n) is 4.75. The number of hydrogen-bond acceptors (Lipinski definition) is 2. The summed E-state index contributed by atoms with van der Waals surface area (Å²) in [6, 6.07) is 0. The zero-order valence-corrected chi connectivity index (χ0v) is 8.90. The van der Waals surface area contributed by atoms with Gasteiger partial charge in [0.2, 0.25) is 0 Å². The molecule has 0 saturated carbocycles. The molecule has 12 heavy (non-hydrogen) atoms. The Bertz CT molecular complexity index is 153. The zero-order chi connectivity index (χ0) is 9.41. The standard InChI is InChI=1S/C10H21NO/c1-8(2)10(5)11-6-9(3,4)7-12-10/h8,11H,6-7H2,1-5H3. The molecule has 1 aliphatic rings. The van der Waals surface area contributed by atoms with Crippen LogP contribution in [0, 0.1) is 11.3 Å². The molecule has 0 aliphatic carbocycles. The highest BCUT2D eigenvalue weighted by molar-refractivity contribution is 4.86. The highest BCUT2D eigenvalue weighted by atomic mass is 16.5. The lowest BCUT2D eigenvalue weighted by Crippen LogP contribution is -2.58. The lowest BCUT2D eigenvalue weighted by atomic mass is 9.89. The van der Waals surface area contributed by atoms with Gasteiger partial charge in [-0.15, -0.1) is 0 Å². The maximum absolute atomic E-state index is 5.83. The van der Waals surface area contributed by atoms with Gasteiger partial charge in [-0.05, 0) is 12.8 Å². The molecule has 0 aromatic heterocycles. The van der Waals surface area contributed by atoms with Gasteiger partial charge in [0.05, 0.1) is 6.61 Å². The molecule has 1 rings (SSSR count). The van der Waals surface area contributed by atoms with E-state index in [1.54, 1.807) is 0 Å². The van der Waals surface area contributed by atoms with Crippen LogP contribution in [0.1, 0.15) is 34.6 Å². The van der Waals surface area contributed by atoms with Crippen LogP contribution in [0.3, 0.4) is 0 Å². The fraction of sp³-hybridized carbons (Fsp3) is 1.00. The Kier molecular flexibility index (Phi) is 2.50. The van der Waals surface area contributed by atoms with Crippen LogP contribution in [-0.4, -0.2) is 18.9 Å². The van der Waals surface area contributed by atoms with Crippen LogP contribution in [0.4, 0.5) is 0 Å². The molecule has 1 unspecified atom stereocenters. The Morgan fingerprint density at radius 3 is 2.17 bits per heavy atom. The molecule has 1 fully saturated rings. The Hall–Kier alpha value is -0.0800. The molecule has 0 radical (unpaired) electrons. The number of hydrogen-bond donors (Lipinski definition) is 1. The lowest BCUT2D eigenvalue weighted by molar-refractivity contribution is -0.149. The first kappa shape index (κ1) is 10.0. The molecule has 0 bridgehead atoms. The predicted octanol–water partition coefficient (Wildman–Crippen LogP) is 2.00. The third kappa shape index (κ3) is 1.99. The van der Waals surface area contributed by atoms with Gasteiger partial charge in [0.1, 0.15) is 5.72 Å². The fourth-order valence-electron chi connectivity index (χ4n) is 1.23. The molecule has 0 aromatic carbocycles. The van der Waals surface area contributed by atoms with Crippen molar-refractivity contribution in [2.75, 3.05) is 13.2 Å². The van der Waals surface area contributed by atoms with Crippen molar-refractivity contribution in [1.82, 2.24) is 5.32 Å². The number of rotatable bonds is 1. The molecule has 1 atom stereocenters. The maximum Gasteiger partial charge on any atom is 0.118 e. The van der Waals surface area contributed by atoms with E-state index in [1.807, 2.05) is 0 Å². The Balaban J connectivity index is 2.55. The minimum Gasteiger partial charge on any atom is -0.360 e. The van der Waals surface area contributed by atoms with Crippen molar-refractivity contribution in [3.05, 3.63) is 0 Å². The molecule has 2 heteroatoms. The van der Waals surface area contributed by atoms with Gasteiger partial charge in [0, 0.05) is 12.0 Å². The third-order valence-corrected chi connectivity index (χ3v) is 2.78. The summed E-state index contributed by atoms with van der Waals surface area (Å²) in [4.78, 5) is 0. The summed E-state index contributed by atoms with van der Waals surface area (Å²) < 4.78 is 5.83. The van der Waals surface area contributed by atoms with Gasteiger partial charge in [0.15, 0.2) is 0 Å². The molecular weight excluding hydrogens is 150 g/mol. The van der Waals surface area contributed by atoms with Crippen molar-refractivity contribution in [3.63, 3.8) is 0 Å². The van der Waals surface area contributed by atoms with Gasteiger partial charge in [-0.25, -0.2) is 0 Å². The molecule has 0 aromatic rings. The van der Waals surface area contributed by atoms with Crippen LogP contribution in [0.2, 0.25) is 0 Å². The fourth-order valence-corrected chi connectivity index (χ4v) is 1.23. The molecule has 0 spiro atoms. The molecule has 1 saturated heterocycles. The van der Waals surface area contributed by atoms with Crippen molar-refractivity contribution < 1.29 is 4.74 Å². The van der Waals surface area contributed by atoms with Crippen LogP contribution < -0.4 is 5.32 Å². The SMILES string of the molecule is CC(C)C1(C)NCC(C)(C)CO1. The van der Waals surface area contributed by atoms with Gasteiger partial charge >= 0.3 is 0 Å². The summed E-state index contributed by atoms with van der Waals surface area (Å²) in [5.74, 6) is 0.522. The number of ether oxygens (including phenoxy) is 1. The molecule has 1 heterocycles. The van der Waals surface area contributed by atoms with Crippen LogP contribution in [-0.2, 0) is 4.74 Å². The first-order chi connectivity index (χ1) is 5.36. The van der Waals surface area contributed by atoms with Crippen LogP contribution in [0.25, 0.3) is 0 Å². The molecular formula is C10H21NO. The van der Waals surface area contributed by atoms with E-state index in [0.29, 0.717) is 5.92 Å². The molecule has 2 nitrogen and oxygen atoms in total. The second-order valence-corrected chi connectivity index (χ2v) is 5.07. The zero-order valence-electron chi connectivity index (χ0n) is 8.90. The van der Waals surface area contributed by atoms with Gasteiger partial charge in [-0.2, -0.15) is 0 Å². The third-order valence-electron chi connectivity index (χ3n) is 2.78. The summed E-state index contributed by atoms with van der Waals surface area (Å²) in [5, 5.41) is 3.46. The first-order valence-corrected chi connectivity index (χ1v) is 4.75. The molecule has 0 amide bonds. The summed E-state index contributed by atoms with van der Waals surface area (Å²) in [7, 11) is 0. The van der Waals surface area contributed by atoms with E-state index in [1.165, 1.54) is 0 Å². The van der Waals surface area contributed by atoms with E-state index in [0.717, 1.165) is 13.2 Å². The van der Waals surface area contributed by atoms with Crippen molar-refractivity contribution in [2.45, 2.75) is 40.3 Å². The van der Waals surface area contributed by atoms with Crippen LogP contribution in [0.5, 0.6) is 0 Å². The Morgan fingerprint density at radius 1 is 1.25 bits per heavy atom. The van der Waals surface area contributed by atoms with E-state index >= 15 is 0 Å². The van der Waals surface area contributed by atoms with Gasteiger partial charge in [0.25, 0.3) is 0 Å². The smallest absolute Gasteiger partial charge is 0.118 e. The normalized spacial score (nSPS) is 35.5.